The molecule has 0 atom stereocenters. The van der Waals surface area contributed by atoms with Gasteiger partial charge in [0, 0.05) is 19.8 Å². The average molecular weight is 208 g/mol. The molecule has 2 nitrogen and oxygen atoms in total. The third-order valence-corrected chi connectivity index (χ3v) is 2.70. The van der Waals surface area contributed by atoms with Crippen LogP contribution in [-0.4, -0.2) is 19.1 Å². The number of hydrogen-bond donors (Lipinski definition) is 0. The molecule has 0 aromatic carbocycles. The van der Waals surface area contributed by atoms with Gasteiger partial charge < -0.3 is 4.90 Å². The summed E-state index contributed by atoms with van der Waals surface area (Å²) < 4.78 is 0. The highest BCUT2D eigenvalue weighted by Gasteiger charge is 2.09. The Morgan fingerprint density at radius 2 is 1.27 bits per heavy atom. The minimum atomic E-state index is 1.08. The molecule has 0 aliphatic rings. The van der Waals surface area contributed by atoms with Crippen LogP contribution in [0.3, 0.4) is 0 Å². The van der Waals surface area contributed by atoms with E-state index in [-0.39, 0.29) is 0 Å². The summed E-state index contributed by atoms with van der Waals surface area (Å²) in [5.41, 5.74) is 5.08. The number of nitrogens with zero attached hydrogens (tertiary/aromatic N) is 2. The first-order valence-corrected chi connectivity index (χ1v) is 5.57. The topological polar surface area (TPSA) is 16.1 Å². The van der Waals surface area contributed by atoms with E-state index in [1.807, 2.05) is 27.9 Å². The van der Waals surface area contributed by atoms with Gasteiger partial charge in [-0.2, -0.15) is 0 Å². The lowest BCUT2D eigenvalue weighted by molar-refractivity contribution is 0.998. The molecule has 1 aromatic heterocycles. The van der Waals surface area contributed by atoms with Crippen LogP contribution in [0.2, 0.25) is 0 Å². The van der Waals surface area contributed by atoms with Crippen LogP contribution in [0, 0.1) is 27.7 Å². The van der Waals surface area contributed by atoms with Gasteiger partial charge in [-0.3, -0.25) is 0 Å². The van der Waals surface area contributed by atoms with Crippen molar-refractivity contribution >= 4 is 5.82 Å². The molecule has 0 fully saturated rings. The maximum absolute atomic E-state index is 4.56. The fourth-order valence-corrected chi connectivity index (χ4v) is 1.48. The van der Waals surface area contributed by atoms with E-state index >= 15 is 0 Å². The van der Waals surface area contributed by atoms with E-state index in [4.69, 9.17) is 0 Å². The fraction of sp³-hybridized carbons (Fsp3) is 0.615. The van der Waals surface area contributed by atoms with Crippen molar-refractivity contribution in [2.45, 2.75) is 41.5 Å². The van der Waals surface area contributed by atoms with Gasteiger partial charge in [-0.15, -0.1) is 0 Å². The zero-order valence-electron chi connectivity index (χ0n) is 11.4. The normalized spacial score (nSPS) is 9.33. The van der Waals surface area contributed by atoms with Crippen LogP contribution in [0.15, 0.2) is 0 Å². The van der Waals surface area contributed by atoms with Gasteiger partial charge in [-0.05, 0) is 44.4 Å². The lowest BCUT2D eigenvalue weighted by atomic mass is 10.0. The smallest absolute Gasteiger partial charge is 0.131 e. The summed E-state index contributed by atoms with van der Waals surface area (Å²) in [7, 11) is 4.06. The Hall–Kier alpha value is -1.05. The van der Waals surface area contributed by atoms with E-state index in [0.717, 1.165) is 11.5 Å². The molecule has 2 heteroatoms. The SMILES string of the molecule is CC.Cc1nc(N(C)C)c(C)c(C)c1C. The lowest BCUT2D eigenvalue weighted by Gasteiger charge is -2.18. The molecule has 0 unspecified atom stereocenters. The third-order valence-electron chi connectivity index (χ3n) is 2.70. The van der Waals surface area contributed by atoms with Crippen LogP contribution in [-0.2, 0) is 0 Å². The predicted octanol–water partition coefficient (Wildman–Crippen LogP) is 3.41. The highest BCUT2D eigenvalue weighted by Crippen LogP contribution is 2.23. The highest BCUT2D eigenvalue weighted by molar-refractivity contribution is 5.52. The van der Waals surface area contributed by atoms with Crippen molar-refractivity contribution in [2.24, 2.45) is 0 Å². The summed E-state index contributed by atoms with van der Waals surface area (Å²) in [6, 6.07) is 0. The Bertz CT molecular complexity index is 328. The van der Waals surface area contributed by atoms with Crippen molar-refractivity contribution in [1.82, 2.24) is 4.98 Å². The second-order valence-electron chi connectivity index (χ2n) is 3.79. The average Bonchev–Trinajstić information content (AvgIpc) is 2.23. The molecule has 1 rings (SSSR count). The standard InChI is InChI=1S/C11H18N2.C2H6/c1-7-8(2)10(4)12-11(9(7)3)13(5)6;1-2/h1-6H3;1-2H3. The molecule has 0 bridgehead atoms. The lowest BCUT2D eigenvalue weighted by Crippen LogP contribution is -2.14. The molecule has 1 aromatic rings. The highest BCUT2D eigenvalue weighted by atomic mass is 15.1. The van der Waals surface area contributed by atoms with Crippen LogP contribution in [0.25, 0.3) is 0 Å². The van der Waals surface area contributed by atoms with Crippen LogP contribution in [0.4, 0.5) is 5.82 Å². The van der Waals surface area contributed by atoms with Crippen LogP contribution in [0.1, 0.15) is 36.2 Å². The number of pyridine rings is 1. The largest absolute Gasteiger partial charge is 0.363 e. The van der Waals surface area contributed by atoms with Crippen molar-refractivity contribution in [3.63, 3.8) is 0 Å². The third kappa shape index (κ3) is 2.95. The molecule has 0 aliphatic carbocycles. The van der Waals surface area contributed by atoms with Gasteiger partial charge in [0.25, 0.3) is 0 Å². The van der Waals surface area contributed by atoms with Crippen molar-refractivity contribution in [3.8, 4) is 0 Å². The Kier molecular flexibility index (Phi) is 5.34. The molecule has 0 amide bonds. The van der Waals surface area contributed by atoms with Gasteiger partial charge in [0.1, 0.15) is 5.82 Å². The molecule has 15 heavy (non-hydrogen) atoms. The number of hydrogen-bond acceptors (Lipinski definition) is 2. The van der Waals surface area contributed by atoms with Gasteiger partial charge in [-0.1, -0.05) is 13.8 Å². The van der Waals surface area contributed by atoms with Gasteiger partial charge in [0.2, 0.25) is 0 Å². The Labute approximate surface area is 94.3 Å². The van der Waals surface area contributed by atoms with Crippen molar-refractivity contribution in [3.05, 3.63) is 22.4 Å². The van der Waals surface area contributed by atoms with E-state index < -0.39 is 0 Å². The van der Waals surface area contributed by atoms with Crippen molar-refractivity contribution < 1.29 is 0 Å². The van der Waals surface area contributed by atoms with Crippen LogP contribution < -0.4 is 4.90 Å². The second-order valence-corrected chi connectivity index (χ2v) is 3.79. The number of rotatable bonds is 1. The van der Waals surface area contributed by atoms with Crippen molar-refractivity contribution in [2.75, 3.05) is 19.0 Å². The summed E-state index contributed by atoms with van der Waals surface area (Å²) in [6.07, 6.45) is 0. The molecule has 0 spiro atoms. The summed E-state index contributed by atoms with van der Waals surface area (Å²) in [6.45, 7) is 12.5. The maximum atomic E-state index is 4.56. The van der Waals surface area contributed by atoms with E-state index in [2.05, 4.69) is 37.6 Å². The summed E-state index contributed by atoms with van der Waals surface area (Å²) in [5, 5.41) is 0. The molecule has 86 valence electrons. The molecule has 0 N–H and O–H groups in total. The van der Waals surface area contributed by atoms with E-state index in [9.17, 15) is 0 Å². The van der Waals surface area contributed by atoms with Gasteiger partial charge in [0.05, 0.1) is 0 Å². The second kappa shape index (κ2) is 5.74. The van der Waals surface area contributed by atoms with Gasteiger partial charge in [0.15, 0.2) is 0 Å². The molecule has 0 saturated carbocycles. The predicted molar refractivity (Wildman–Crippen MR) is 68.9 cm³/mol. The number of anilines is 1. The summed E-state index contributed by atoms with van der Waals surface area (Å²) in [4.78, 5) is 6.62. The monoisotopic (exact) mass is 208 g/mol. The van der Waals surface area contributed by atoms with Crippen LogP contribution >= 0.6 is 0 Å². The molecule has 0 saturated heterocycles. The van der Waals surface area contributed by atoms with Gasteiger partial charge >= 0.3 is 0 Å². The van der Waals surface area contributed by atoms with Gasteiger partial charge in [-0.25, -0.2) is 4.98 Å². The quantitative estimate of drug-likeness (QED) is 0.703. The Morgan fingerprint density at radius 1 is 0.800 bits per heavy atom. The van der Waals surface area contributed by atoms with Crippen molar-refractivity contribution in [1.29, 1.82) is 0 Å². The number of aryl methyl sites for hydroxylation is 1. The minimum Gasteiger partial charge on any atom is -0.363 e. The molecule has 1 heterocycles. The maximum Gasteiger partial charge on any atom is 0.131 e. The molecular formula is C13H24N2. The Morgan fingerprint density at radius 3 is 1.67 bits per heavy atom. The molecule has 0 radical (unpaired) electrons. The molecule has 0 aliphatic heterocycles. The first kappa shape index (κ1) is 13.9. The minimum absolute atomic E-state index is 1.08. The first-order valence-electron chi connectivity index (χ1n) is 5.57. The zero-order chi connectivity index (χ0) is 12.2. The van der Waals surface area contributed by atoms with E-state index in [0.29, 0.717) is 0 Å². The summed E-state index contributed by atoms with van der Waals surface area (Å²) >= 11 is 0. The van der Waals surface area contributed by atoms with E-state index in [1.165, 1.54) is 16.7 Å². The van der Waals surface area contributed by atoms with E-state index in [1.54, 1.807) is 0 Å². The zero-order valence-corrected chi connectivity index (χ0v) is 11.4. The van der Waals surface area contributed by atoms with Crippen LogP contribution in [0.5, 0.6) is 0 Å². The number of aromatic nitrogens is 1. The fourth-order valence-electron chi connectivity index (χ4n) is 1.48. The first-order chi connectivity index (χ1) is 6.95. The Balaban J connectivity index is 0.000000921. The summed E-state index contributed by atoms with van der Waals surface area (Å²) in [5.74, 6) is 1.08. The molecular weight excluding hydrogens is 184 g/mol.